The molecule has 0 spiro atoms. The summed E-state index contributed by atoms with van der Waals surface area (Å²) in [6, 6.07) is 0.0861. The summed E-state index contributed by atoms with van der Waals surface area (Å²) in [5.41, 5.74) is 1.96. The Morgan fingerprint density at radius 2 is 2.48 bits per heavy atom. The van der Waals surface area contributed by atoms with E-state index in [1.54, 1.807) is 22.7 Å². The fraction of sp³-hybridized carbons (Fsp3) is 0.500. The van der Waals surface area contributed by atoms with Crippen molar-refractivity contribution >= 4 is 23.3 Å². The molecule has 2 aromatic rings. The predicted octanol–water partition coefficient (Wildman–Crippen LogP) is 1.18. The molecule has 1 N–H and O–H groups in total. The third-order valence-corrected chi connectivity index (χ3v) is 3.87. The fourth-order valence-electron chi connectivity index (χ4n) is 2.32. The molecule has 2 aromatic heterocycles. The number of anilines is 1. The third kappa shape index (κ3) is 3.02. The van der Waals surface area contributed by atoms with Crippen LogP contribution in [0.2, 0.25) is 0 Å². The molecule has 0 unspecified atom stereocenters. The highest BCUT2D eigenvalue weighted by Gasteiger charge is 2.35. The van der Waals surface area contributed by atoms with E-state index in [4.69, 9.17) is 4.42 Å². The average Bonchev–Trinajstić information content (AvgIpc) is 3.16. The van der Waals surface area contributed by atoms with Crippen molar-refractivity contribution < 1.29 is 13.6 Å². The molecule has 21 heavy (non-hydrogen) atoms. The normalized spacial score (nSPS) is 21.7. The van der Waals surface area contributed by atoms with E-state index < -0.39 is 6.17 Å². The van der Waals surface area contributed by atoms with Crippen molar-refractivity contribution in [2.45, 2.75) is 25.6 Å². The number of hydrogen-bond acceptors (Lipinski definition) is 7. The molecule has 0 aliphatic carbocycles. The standard InChI is InChI=1S/C12H14FN5O2S/c1-7-16-17-12(20-7)18-4-8(13)2-9(18)3-14-11(19)10-5-21-6-15-10/h5-6,8-9H,2-4H2,1H3,(H,14,19)/t8-,9-/m0/s1. The monoisotopic (exact) mass is 311 g/mol. The molecule has 1 aliphatic rings. The molecule has 112 valence electrons. The van der Waals surface area contributed by atoms with Crippen LogP contribution in [0.1, 0.15) is 22.8 Å². The highest BCUT2D eigenvalue weighted by atomic mass is 32.1. The minimum Gasteiger partial charge on any atom is -0.408 e. The van der Waals surface area contributed by atoms with Crippen molar-refractivity contribution in [1.82, 2.24) is 20.5 Å². The van der Waals surface area contributed by atoms with Crippen molar-refractivity contribution in [2.24, 2.45) is 0 Å². The first-order chi connectivity index (χ1) is 10.1. The number of carbonyl (C=O) groups is 1. The maximum Gasteiger partial charge on any atom is 0.318 e. The van der Waals surface area contributed by atoms with Crippen LogP contribution in [-0.2, 0) is 0 Å². The number of aromatic nitrogens is 3. The molecule has 0 radical (unpaired) electrons. The van der Waals surface area contributed by atoms with Crippen molar-refractivity contribution in [3.05, 3.63) is 22.5 Å². The van der Waals surface area contributed by atoms with Gasteiger partial charge in [0.25, 0.3) is 5.91 Å². The summed E-state index contributed by atoms with van der Waals surface area (Å²) in [6.45, 7) is 2.18. The van der Waals surface area contributed by atoms with E-state index >= 15 is 0 Å². The average molecular weight is 311 g/mol. The first-order valence-electron chi connectivity index (χ1n) is 6.50. The van der Waals surface area contributed by atoms with Crippen molar-refractivity contribution in [3.63, 3.8) is 0 Å². The Labute approximate surface area is 124 Å². The lowest BCUT2D eigenvalue weighted by Gasteiger charge is -2.21. The highest BCUT2D eigenvalue weighted by Crippen LogP contribution is 2.25. The van der Waals surface area contributed by atoms with Crippen LogP contribution >= 0.6 is 11.3 Å². The number of carbonyl (C=O) groups excluding carboxylic acids is 1. The molecule has 2 atom stereocenters. The quantitative estimate of drug-likeness (QED) is 0.913. The summed E-state index contributed by atoms with van der Waals surface area (Å²) < 4.78 is 19.0. The molecule has 3 heterocycles. The van der Waals surface area contributed by atoms with Crippen LogP contribution in [0, 0.1) is 6.92 Å². The second-order valence-electron chi connectivity index (χ2n) is 4.83. The minimum atomic E-state index is -0.974. The van der Waals surface area contributed by atoms with Gasteiger partial charge in [-0.1, -0.05) is 5.10 Å². The van der Waals surface area contributed by atoms with E-state index in [0.717, 1.165) is 0 Å². The number of aryl methyl sites for hydroxylation is 1. The molecule has 1 aliphatic heterocycles. The van der Waals surface area contributed by atoms with Gasteiger partial charge in [-0.05, 0) is 0 Å². The Hall–Kier alpha value is -2.03. The van der Waals surface area contributed by atoms with Gasteiger partial charge in [0.05, 0.1) is 18.1 Å². The van der Waals surface area contributed by atoms with Crippen LogP contribution in [0.3, 0.4) is 0 Å². The molecule has 7 nitrogen and oxygen atoms in total. The van der Waals surface area contributed by atoms with E-state index in [9.17, 15) is 9.18 Å². The van der Waals surface area contributed by atoms with Gasteiger partial charge in [-0.3, -0.25) is 4.79 Å². The number of rotatable bonds is 4. The molecule has 9 heteroatoms. The SMILES string of the molecule is Cc1nnc(N2C[C@@H](F)C[C@H]2CNC(=O)c2cscn2)o1. The Morgan fingerprint density at radius 3 is 3.14 bits per heavy atom. The van der Waals surface area contributed by atoms with Crippen LogP contribution in [0.4, 0.5) is 10.4 Å². The number of hydrogen-bond donors (Lipinski definition) is 1. The van der Waals surface area contributed by atoms with E-state index in [1.165, 1.54) is 11.3 Å². The summed E-state index contributed by atoms with van der Waals surface area (Å²) in [7, 11) is 0. The number of nitrogens with zero attached hydrogens (tertiary/aromatic N) is 4. The molecular formula is C12H14FN5O2S. The topological polar surface area (TPSA) is 84.2 Å². The zero-order chi connectivity index (χ0) is 14.8. The minimum absolute atomic E-state index is 0.193. The second-order valence-corrected chi connectivity index (χ2v) is 5.55. The maximum absolute atomic E-state index is 13.7. The molecular weight excluding hydrogens is 297 g/mol. The highest BCUT2D eigenvalue weighted by molar-refractivity contribution is 7.07. The smallest absolute Gasteiger partial charge is 0.318 e. The zero-order valence-corrected chi connectivity index (χ0v) is 12.1. The molecule has 0 saturated carbocycles. The van der Waals surface area contributed by atoms with Crippen LogP contribution in [-0.4, -0.2) is 46.4 Å². The Kier molecular flexibility index (Phi) is 3.82. The van der Waals surface area contributed by atoms with Gasteiger partial charge in [0.15, 0.2) is 0 Å². The number of nitrogens with one attached hydrogen (secondary N) is 1. The van der Waals surface area contributed by atoms with Gasteiger partial charge < -0.3 is 14.6 Å². The summed E-state index contributed by atoms with van der Waals surface area (Å²) in [5.74, 6) is 0.165. The third-order valence-electron chi connectivity index (χ3n) is 3.29. The Morgan fingerprint density at radius 1 is 1.62 bits per heavy atom. The summed E-state index contributed by atoms with van der Waals surface area (Å²) in [6.07, 6.45) is -0.655. The zero-order valence-electron chi connectivity index (χ0n) is 11.3. The first-order valence-corrected chi connectivity index (χ1v) is 7.45. The second kappa shape index (κ2) is 5.76. The molecule has 0 aromatic carbocycles. The Balaban J connectivity index is 1.64. The predicted molar refractivity (Wildman–Crippen MR) is 74.1 cm³/mol. The van der Waals surface area contributed by atoms with Gasteiger partial charge in [0.1, 0.15) is 11.9 Å². The van der Waals surface area contributed by atoms with Crippen LogP contribution in [0.25, 0.3) is 0 Å². The number of halogens is 1. The van der Waals surface area contributed by atoms with E-state index in [2.05, 4.69) is 20.5 Å². The number of alkyl halides is 1. The van der Waals surface area contributed by atoms with Crippen LogP contribution in [0.5, 0.6) is 0 Å². The van der Waals surface area contributed by atoms with Gasteiger partial charge in [0, 0.05) is 25.3 Å². The number of amides is 1. The first kappa shape index (κ1) is 13.9. The molecule has 1 saturated heterocycles. The summed E-state index contributed by atoms with van der Waals surface area (Å²) in [5, 5.41) is 12.1. The molecule has 1 amide bonds. The maximum atomic E-state index is 13.7. The van der Waals surface area contributed by atoms with E-state index in [1.807, 2.05) is 0 Å². The fourth-order valence-corrected chi connectivity index (χ4v) is 2.85. The largest absolute Gasteiger partial charge is 0.408 e. The lowest BCUT2D eigenvalue weighted by Crippen LogP contribution is -2.40. The molecule has 0 bridgehead atoms. The van der Waals surface area contributed by atoms with Gasteiger partial charge in [0.2, 0.25) is 5.89 Å². The Bertz CT molecular complexity index is 617. The van der Waals surface area contributed by atoms with Gasteiger partial charge in [-0.15, -0.1) is 16.4 Å². The van der Waals surface area contributed by atoms with Crippen molar-refractivity contribution in [1.29, 1.82) is 0 Å². The van der Waals surface area contributed by atoms with Crippen LogP contribution < -0.4 is 10.2 Å². The number of thiazole rings is 1. The summed E-state index contributed by atoms with van der Waals surface area (Å²) >= 11 is 1.35. The molecule has 1 fully saturated rings. The van der Waals surface area contributed by atoms with Crippen molar-refractivity contribution in [2.75, 3.05) is 18.0 Å². The van der Waals surface area contributed by atoms with Gasteiger partial charge in [-0.2, -0.15) is 0 Å². The van der Waals surface area contributed by atoms with Gasteiger partial charge in [-0.25, -0.2) is 9.37 Å². The summed E-state index contributed by atoms with van der Waals surface area (Å²) in [4.78, 5) is 17.5. The van der Waals surface area contributed by atoms with Crippen LogP contribution in [0.15, 0.2) is 15.3 Å². The lowest BCUT2D eigenvalue weighted by atomic mass is 10.2. The van der Waals surface area contributed by atoms with E-state index in [0.29, 0.717) is 30.6 Å². The van der Waals surface area contributed by atoms with Crippen molar-refractivity contribution in [3.8, 4) is 0 Å². The lowest BCUT2D eigenvalue weighted by molar-refractivity contribution is 0.0946. The van der Waals surface area contributed by atoms with E-state index in [-0.39, 0.29) is 18.5 Å². The molecule has 3 rings (SSSR count). The van der Waals surface area contributed by atoms with Gasteiger partial charge >= 0.3 is 6.01 Å².